The lowest BCUT2D eigenvalue weighted by molar-refractivity contribution is -0.152. The second-order valence-electron chi connectivity index (χ2n) is 7.53. The van der Waals surface area contributed by atoms with E-state index in [-0.39, 0.29) is 25.3 Å². The van der Waals surface area contributed by atoms with Gasteiger partial charge in [-0.25, -0.2) is 4.79 Å². The van der Waals surface area contributed by atoms with Crippen LogP contribution in [0.15, 0.2) is 30.3 Å². The van der Waals surface area contributed by atoms with Crippen molar-refractivity contribution in [3.63, 3.8) is 0 Å². The maximum absolute atomic E-state index is 12.6. The maximum atomic E-state index is 12.6. The molecule has 1 heterocycles. The number of aliphatic carboxylic acids is 1. The fourth-order valence-corrected chi connectivity index (χ4v) is 3.68. The molecule has 1 aliphatic heterocycles. The summed E-state index contributed by atoms with van der Waals surface area (Å²) < 4.78 is 4.73. The Morgan fingerprint density at radius 1 is 1.27 bits per heavy atom. The van der Waals surface area contributed by atoms with Crippen molar-refractivity contribution in [1.82, 2.24) is 9.80 Å². The van der Waals surface area contributed by atoms with Crippen molar-refractivity contribution in [2.24, 2.45) is 11.7 Å². The van der Waals surface area contributed by atoms with Gasteiger partial charge < -0.3 is 25.4 Å². The van der Waals surface area contributed by atoms with Crippen molar-refractivity contribution in [2.45, 2.75) is 37.8 Å². The maximum Gasteiger partial charge on any atom is 0.328 e. The van der Waals surface area contributed by atoms with Crippen LogP contribution in [0.1, 0.15) is 24.8 Å². The van der Waals surface area contributed by atoms with E-state index in [0.717, 1.165) is 5.56 Å². The van der Waals surface area contributed by atoms with E-state index in [1.54, 1.807) is 0 Å². The molecule has 1 fully saturated rings. The van der Waals surface area contributed by atoms with Gasteiger partial charge in [0.1, 0.15) is 6.04 Å². The third kappa shape index (κ3) is 6.03. The van der Waals surface area contributed by atoms with Gasteiger partial charge in [-0.05, 0) is 31.2 Å². The molecule has 1 aromatic carbocycles. The van der Waals surface area contributed by atoms with Gasteiger partial charge in [0.15, 0.2) is 0 Å². The summed E-state index contributed by atoms with van der Waals surface area (Å²) in [6, 6.07) is 7.43. The van der Waals surface area contributed by atoms with Crippen LogP contribution in [0.25, 0.3) is 0 Å². The van der Waals surface area contributed by atoms with Crippen molar-refractivity contribution in [2.75, 3.05) is 27.2 Å². The molecule has 0 radical (unpaired) electrons. The molecule has 0 aromatic heterocycles. The number of rotatable bonds is 9. The van der Waals surface area contributed by atoms with Gasteiger partial charge in [-0.2, -0.15) is 0 Å². The van der Waals surface area contributed by atoms with Crippen LogP contribution in [0, 0.1) is 5.92 Å². The highest BCUT2D eigenvalue weighted by atomic mass is 16.5. The molecule has 0 saturated carbocycles. The summed E-state index contributed by atoms with van der Waals surface area (Å²) in [6.07, 6.45) is 1.42. The first-order chi connectivity index (χ1) is 14.2. The van der Waals surface area contributed by atoms with Crippen LogP contribution in [0.4, 0.5) is 0 Å². The highest BCUT2D eigenvalue weighted by molar-refractivity contribution is 5.90. The first-order valence-electron chi connectivity index (χ1n) is 9.89. The molecule has 1 aromatic rings. The molecule has 1 unspecified atom stereocenters. The zero-order valence-corrected chi connectivity index (χ0v) is 17.3. The Morgan fingerprint density at radius 3 is 2.53 bits per heavy atom. The van der Waals surface area contributed by atoms with Crippen molar-refractivity contribution in [3.05, 3.63) is 35.9 Å². The van der Waals surface area contributed by atoms with Gasteiger partial charge in [0.25, 0.3) is 0 Å². The molecule has 3 N–H and O–H groups in total. The molecule has 30 heavy (non-hydrogen) atoms. The van der Waals surface area contributed by atoms with Gasteiger partial charge in [0.05, 0.1) is 25.6 Å². The Morgan fingerprint density at radius 2 is 1.93 bits per heavy atom. The van der Waals surface area contributed by atoms with E-state index in [1.807, 2.05) is 30.3 Å². The van der Waals surface area contributed by atoms with Crippen molar-refractivity contribution in [3.8, 4) is 0 Å². The first-order valence-corrected chi connectivity index (χ1v) is 9.89. The van der Waals surface area contributed by atoms with E-state index in [4.69, 9.17) is 10.5 Å². The smallest absolute Gasteiger partial charge is 0.328 e. The molecule has 3 atom stereocenters. The molecule has 2 rings (SSSR count). The standard InChI is InChI=1S/C21H29N3O6/c1-23(13-18(25)24-10-6-9-17(24)21(29)30-2)19(26)16(22)12-15(20(27)28)11-14-7-4-3-5-8-14/h3-5,7-8,15-17H,6,9-13,22H2,1-2H3,(H,27,28)/t15?,16-,17-/m0/s1. The fourth-order valence-electron chi connectivity index (χ4n) is 3.68. The molecule has 1 aliphatic rings. The number of methoxy groups -OCH3 is 1. The molecule has 2 amide bonds. The van der Waals surface area contributed by atoms with Gasteiger partial charge >= 0.3 is 11.9 Å². The lowest BCUT2D eigenvalue weighted by Crippen LogP contribution is -2.50. The lowest BCUT2D eigenvalue weighted by Gasteiger charge is -2.27. The minimum absolute atomic E-state index is 0.0455. The number of nitrogens with zero attached hydrogens (tertiary/aromatic N) is 2. The van der Waals surface area contributed by atoms with Crippen LogP contribution < -0.4 is 5.73 Å². The predicted molar refractivity (Wildman–Crippen MR) is 108 cm³/mol. The Balaban J connectivity index is 1.94. The number of carboxylic acid groups (broad SMARTS) is 1. The summed E-state index contributed by atoms with van der Waals surface area (Å²) in [6.45, 7) is 0.182. The van der Waals surface area contributed by atoms with Gasteiger partial charge in [0, 0.05) is 13.6 Å². The number of carbonyl (C=O) groups is 4. The van der Waals surface area contributed by atoms with Gasteiger partial charge in [-0.1, -0.05) is 30.3 Å². The van der Waals surface area contributed by atoms with E-state index in [2.05, 4.69) is 0 Å². The fraction of sp³-hybridized carbons (Fsp3) is 0.524. The summed E-state index contributed by atoms with van der Waals surface area (Å²) in [5, 5.41) is 9.51. The molecule has 1 saturated heterocycles. The van der Waals surface area contributed by atoms with Crippen molar-refractivity contribution in [1.29, 1.82) is 0 Å². The number of benzene rings is 1. The number of carbonyl (C=O) groups excluding carboxylic acids is 3. The number of esters is 1. The van der Waals surface area contributed by atoms with Crippen molar-refractivity contribution < 1.29 is 29.0 Å². The Kier molecular flexibility index (Phi) is 8.35. The third-order valence-electron chi connectivity index (χ3n) is 5.32. The number of nitrogens with two attached hydrogens (primary N) is 1. The first kappa shape index (κ1) is 23.3. The third-order valence-corrected chi connectivity index (χ3v) is 5.32. The monoisotopic (exact) mass is 419 g/mol. The summed E-state index contributed by atoms with van der Waals surface area (Å²) in [4.78, 5) is 51.2. The summed E-state index contributed by atoms with van der Waals surface area (Å²) in [7, 11) is 2.71. The average Bonchev–Trinajstić information content (AvgIpc) is 3.22. The van der Waals surface area contributed by atoms with Crippen molar-refractivity contribution >= 4 is 23.8 Å². The second kappa shape index (κ2) is 10.7. The van der Waals surface area contributed by atoms with Crippen LogP contribution in [-0.4, -0.2) is 78.0 Å². The number of likely N-dealkylation sites (N-methyl/N-ethyl adjacent to an activating group) is 1. The summed E-state index contributed by atoms with van der Waals surface area (Å²) in [5.74, 6) is -3.21. The molecule has 0 bridgehead atoms. The highest BCUT2D eigenvalue weighted by Crippen LogP contribution is 2.19. The number of hydrogen-bond donors (Lipinski definition) is 2. The zero-order chi connectivity index (χ0) is 22.3. The SMILES string of the molecule is COC(=O)[C@@H]1CCCN1C(=O)CN(C)C(=O)[C@@H](N)CC(Cc1ccccc1)C(=O)O. The molecule has 9 heteroatoms. The van der Waals surface area contributed by atoms with Crippen LogP contribution in [0.5, 0.6) is 0 Å². The molecule has 9 nitrogen and oxygen atoms in total. The average molecular weight is 419 g/mol. The van der Waals surface area contributed by atoms with E-state index >= 15 is 0 Å². The van der Waals surface area contributed by atoms with Gasteiger partial charge in [-0.3, -0.25) is 14.4 Å². The Hall–Kier alpha value is -2.94. The molecule has 0 aliphatic carbocycles. The lowest BCUT2D eigenvalue weighted by atomic mass is 9.92. The normalized spacial score (nSPS) is 17.8. The minimum atomic E-state index is -1.05. The topological polar surface area (TPSA) is 130 Å². The van der Waals surface area contributed by atoms with Crippen LogP contribution in [0.2, 0.25) is 0 Å². The van der Waals surface area contributed by atoms with E-state index in [1.165, 1.54) is 24.0 Å². The number of hydrogen-bond acceptors (Lipinski definition) is 6. The zero-order valence-electron chi connectivity index (χ0n) is 17.3. The van der Waals surface area contributed by atoms with E-state index in [0.29, 0.717) is 19.4 Å². The molecular weight excluding hydrogens is 390 g/mol. The number of carboxylic acids is 1. The van der Waals surface area contributed by atoms with Crippen LogP contribution >= 0.6 is 0 Å². The summed E-state index contributed by atoms with van der Waals surface area (Å²) in [5.41, 5.74) is 6.83. The van der Waals surface area contributed by atoms with Crippen LogP contribution in [0.3, 0.4) is 0 Å². The van der Waals surface area contributed by atoms with Crippen LogP contribution in [-0.2, 0) is 30.3 Å². The number of ether oxygens (including phenoxy) is 1. The molecule has 164 valence electrons. The quantitative estimate of drug-likeness (QED) is 0.550. The number of amides is 2. The van der Waals surface area contributed by atoms with Gasteiger partial charge in [-0.15, -0.1) is 0 Å². The Bertz CT molecular complexity index is 769. The molecule has 0 spiro atoms. The number of likely N-dealkylation sites (tertiary alicyclic amines) is 1. The predicted octanol–water partition coefficient (Wildman–Crippen LogP) is 0.270. The highest BCUT2D eigenvalue weighted by Gasteiger charge is 2.36. The largest absolute Gasteiger partial charge is 0.481 e. The minimum Gasteiger partial charge on any atom is -0.481 e. The van der Waals surface area contributed by atoms with E-state index in [9.17, 15) is 24.3 Å². The second-order valence-corrected chi connectivity index (χ2v) is 7.53. The molecular formula is C21H29N3O6. The Labute approximate surface area is 175 Å². The summed E-state index contributed by atoms with van der Waals surface area (Å²) >= 11 is 0. The van der Waals surface area contributed by atoms with E-state index < -0.39 is 35.8 Å². The van der Waals surface area contributed by atoms with Gasteiger partial charge in [0.2, 0.25) is 11.8 Å².